The van der Waals surface area contributed by atoms with E-state index in [1.807, 2.05) is 18.2 Å². The van der Waals surface area contributed by atoms with Gasteiger partial charge in [0.1, 0.15) is 5.82 Å². The van der Waals surface area contributed by atoms with E-state index in [0.29, 0.717) is 25.7 Å². The minimum Gasteiger partial charge on any atom is -0.346 e. The number of rotatable bonds is 2. The molecule has 1 unspecified atom stereocenters. The maximum absolute atomic E-state index is 13.6. The lowest BCUT2D eigenvalue weighted by molar-refractivity contribution is -0.119. The van der Waals surface area contributed by atoms with Gasteiger partial charge in [-0.25, -0.2) is 13.8 Å². The number of aromatic nitrogens is 2. The Balaban J connectivity index is 1.78. The van der Waals surface area contributed by atoms with E-state index in [9.17, 15) is 13.6 Å². The van der Waals surface area contributed by atoms with Crippen LogP contribution in [0.5, 0.6) is 0 Å². The second kappa shape index (κ2) is 5.79. The highest BCUT2D eigenvalue weighted by molar-refractivity contribution is 9.10. The molecular formula is C17H18BrF2N3O. The van der Waals surface area contributed by atoms with Gasteiger partial charge in [0.25, 0.3) is 0 Å². The number of fused-ring (bicyclic) bond motifs is 1. The van der Waals surface area contributed by atoms with Gasteiger partial charge in [-0.15, -0.1) is 0 Å². The third kappa shape index (κ3) is 2.83. The highest BCUT2D eigenvalue weighted by Gasteiger charge is 2.38. The maximum Gasteiger partial charge on any atom is 0.248 e. The number of imidazole rings is 1. The number of nitrogens with zero attached hydrogens (tertiary/aromatic N) is 2. The van der Waals surface area contributed by atoms with Crippen molar-refractivity contribution in [3.05, 3.63) is 28.5 Å². The van der Waals surface area contributed by atoms with Crippen LogP contribution < -0.4 is 5.32 Å². The van der Waals surface area contributed by atoms with Crippen molar-refractivity contribution in [2.24, 2.45) is 0 Å². The second-order valence-electron chi connectivity index (χ2n) is 6.72. The fourth-order valence-corrected chi connectivity index (χ4v) is 4.16. The molecule has 1 aliphatic carbocycles. The van der Waals surface area contributed by atoms with Crippen molar-refractivity contribution in [1.82, 2.24) is 14.9 Å². The smallest absolute Gasteiger partial charge is 0.248 e. The zero-order chi connectivity index (χ0) is 16.9. The first-order valence-electron chi connectivity index (χ1n) is 8.27. The zero-order valence-corrected chi connectivity index (χ0v) is 14.7. The van der Waals surface area contributed by atoms with E-state index in [1.54, 1.807) is 0 Å². The van der Waals surface area contributed by atoms with Crippen LogP contribution in [0.25, 0.3) is 11.0 Å². The lowest BCUT2D eigenvalue weighted by atomic mass is 9.91. The van der Waals surface area contributed by atoms with Gasteiger partial charge in [0, 0.05) is 29.8 Å². The number of alkyl halides is 2. The molecule has 0 bridgehead atoms. The molecule has 1 atom stereocenters. The van der Waals surface area contributed by atoms with Crippen LogP contribution in [-0.2, 0) is 4.79 Å². The Morgan fingerprint density at radius 2 is 2.00 bits per heavy atom. The Morgan fingerprint density at radius 1 is 1.25 bits per heavy atom. The Hall–Kier alpha value is -1.50. The summed E-state index contributed by atoms with van der Waals surface area (Å²) in [5.41, 5.74) is 1.78. The van der Waals surface area contributed by atoms with Crippen molar-refractivity contribution in [3.8, 4) is 0 Å². The molecule has 0 radical (unpaired) electrons. The number of amides is 1. The molecular weight excluding hydrogens is 380 g/mol. The van der Waals surface area contributed by atoms with Crippen LogP contribution in [0.3, 0.4) is 0 Å². The van der Waals surface area contributed by atoms with Gasteiger partial charge in [-0.05, 0) is 37.5 Å². The van der Waals surface area contributed by atoms with E-state index < -0.39 is 5.92 Å². The van der Waals surface area contributed by atoms with Gasteiger partial charge in [0.05, 0.1) is 17.1 Å². The summed E-state index contributed by atoms with van der Waals surface area (Å²) in [5.74, 6) is -1.74. The molecule has 1 aromatic heterocycles. The minimum atomic E-state index is -2.56. The quantitative estimate of drug-likeness (QED) is 0.810. The van der Waals surface area contributed by atoms with E-state index >= 15 is 0 Å². The summed E-state index contributed by atoms with van der Waals surface area (Å²) in [6.07, 6.45) is 1.87. The van der Waals surface area contributed by atoms with Crippen molar-refractivity contribution < 1.29 is 13.6 Å². The maximum atomic E-state index is 13.6. The third-order valence-corrected chi connectivity index (χ3v) is 5.53. The lowest BCUT2D eigenvalue weighted by Gasteiger charge is -2.31. The normalized spacial score (nSPS) is 24.5. The highest BCUT2D eigenvalue weighted by atomic mass is 79.9. The van der Waals surface area contributed by atoms with Crippen LogP contribution in [0, 0.1) is 0 Å². The second-order valence-corrected chi connectivity index (χ2v) is 7.63. The van der Waals surface area contributed by atoms with Crippen molar-refractivity contribution in [2.75, 3.05) is 0 Å². The predicted molar refractivity (Wildman–Crippen MR) is 90.0 cm³/mol. The van der Waals surface area contributed by atoms with Crippen LogP contribution in [0.2, 0.25) is 0 Å². The highest BCUT2D eigenvalue weighted by Crippen LogP contribution is 2.41. The average molecular weight is 398 g/mol. The number of hydrogen-bond acceptors (Lipinski definition) is 2. The summed E-state index contributed by atoms with van der Waals surface area (Å²) in [7, 11) is 0. The summed E-state index contributed by atoms with van der Waals surface area (Å²) < 4.78 is 30.1. The molecule has 2 fully saturated rings. The first-order chi connectivity index (χ1) is 11.4. The molecule has 4 nitrogen and oxygen atoms in total. The van der Waals surface area contributed by atoms with Gasteiger partial charge >= 0.3 is 0 Å². The van der Waals surface area contributed by atoms with Gasteiger partial charge in [-0.2, -0.15) is 0 Å². The summed E-state index contributed by atoms with van der Waals surface area (Å²) >= 11 is 3.45. The summed E-state index contributed by atoms with van der Waals surface area (Å²) in [6, 6.07) is 5.71. The molecule has 4 rings (SSSR count). The van der Waals surface area contributed by atoms with Crippen molar-refractivity contribution in [2.45, 2.75) is 56.5 Å². The number of carbonyl (C=O) groups excluding carboxylic acids is 1. The lowest BCUT2D eigenvalue weighted by Crippen LogP contribution is -2.29. The fraction of sp³-hybridized carbons (Fsp3) is 0.529. The molecule has 2 heterocycles. The summed E-state index contributed by atoms with van der Waals surface area (Å²) in [6.45, 7) is 0. The third-order valence-electron chi connectivity index (χ3n) is 5.04. The SMILES string of the molecule is O=C1CCC(c2nc3cc(Br)ccc3n2C2CCC(F)(F)CC2)N1. The van der Waals surface area contributed by atoms with Gasteiger partial charge in [-0.1, -0.05) is 15.9 Å². The molecule has 2 aromatic rings. The number of halogens is 3. The molecule has 1 aromatic carbocycles. The van der Waals surface area contributed by atoms with Crippen LogP contribution >= 0.6 is 15.9 Å². The number of nitrogens with one attached hydrogen (secondary N) is 1. The monoisotopic (exact) mass is 397 g/mol. The number of benzene rings is 1. The van der Waals surface area contributed by atoms with Crippen molar-refractivity contribution in [3.63, 3.8) is 0 Å². The van der Waals surface area contributed by atoms with Crippen LogP contribution in [0.4, 0.5) is 8.78 Å². The van der Waals surface area contributed by atoms with Crippen molar-refractivity contribution >= 4 is 32.9 Å². The Morgan fingerprint density at radius 3 is 2.67 bits per heavy atom. The van der Waals surface area contributed by atoms with Gasteiger partial charge in [-0.3, -0.25) is 4.79 Å². The molecule has 1 saturated heterocycles. The number of carbonyl (C=O) groups is 1. The van der Waals surface area contributed by atoms with Crippen LogP contribution in [0.1, 0.15) is 56.4 Å². The van der Waals surface area contributed by atoms with Crippen LogP contribution in [-0.4, -0.2) is 21.4 Å². The van der Waals surface area contributed by atoms with E-state index in [1.165, 1.54) is 0 Å². The van der Waals surface area contributed by atoms with E-state index in [4.69, 9.17) is 4.98 Å². The van der Waals surface area contributed by atoms with Gasteiger partial charge in [0.15, 0.2) is 0 Å². The van der Waals surface area contributed by atoms with Crippen LogP contribution in [0.15, 0.2) is 22.7 Å². The Bertz CT molecular complexity index is 794. The largest absolute Gasteiger partial charge is 0.346 e. The Labute approximate surface area is 146 Å². The molecule has 1 aliphatic heterocycles. The standard InChI is InChI=1S/C17H18BrF2N3O/c18-10-1-3-14-13(9-10)22-16(12-2-4-15(24)21-12)23(14)11-5-7-17(19,20)8-6-11/h1,3,9,11-12H,2,4-8H2,(H,21,24). The molecule has 24 heavy (non-hydrogen) atoms. The number of hydrogen-bond donors (Lipinski definition) is 1. The molecule has 2 aliphatic rings. The minimum absolute atomic E-state index is 0.00306. The molecule has 128 valence electrons. The fourth-order valence-electron chi connectivity index (χ4n) is 3.81. The van der Waals surface area contributed by atoms with Crippen molar-refractivity contribution in [1.29, 1.82) is 0 Å². The molecule has 1 amide bonds. The van der Waals surface area contributed by atoms with Gasteiger partial charge < -0.3 is 9.88 Å². The topological polar surface area (TPSA) is 46.9 Å². The Kier molecular flexibility index (Phi) is 3.86. The average Bonchev–Trinajstić information content (AvgIpc) is 3.10. The first-order valence-corrected chi connectivity index (χ1v) is 9.07. The van der Waals surface area contributed by atoms with E-state index in [0.717, 1.165) is 21.3 Å². The molecule has 1 saturated carbocycles. The predicted octanol–water partition coefficient (Wildman–Crippen LogP) is 4.50. The summed E-state index contributed by atoms with van der Waals surface area (Å²) in [4.78, 5) is 16.3. The van der Waals surface area contributed by atoms with E-state index in [2.05, 4.69) is 25.8 Å². The first kappa shape index (κ1) is 16.0. The van der Waals surface area contributed by atoms with E-state index in [-0.39, 0.29) is 30.8 Å². The van der Waals surface area contributed by atoms with Gasteiger partial charge in [0.2, 0.25) is 11.8 Å². The summed E-state index contributed by atoms with van der Waals surface area (Å²) in [5, 5.41) is 2.96. The molecule has 0 spiro atoms. The molecule has 1 N–H and O–H groups in total. The zero-order valence-electron chi connectivity index (χ0n) is 13.1. The molecule has 7 heteroatoms.